The van der Waals surface area contributed by atoms with Crippen molar-refractivity contribution in [2.45, 2.75) is 46.3 Å². The van der Waals surface area contributed by atoms with Crippen LogP contribution in [0.4, 0.5) is 0 Å². The second kappa shape index (κ2) is 5.29. The van der Waals surface area contributed by atoms with Gasteiger partial charge in [-0.05, 0) is 13.3 Å². The maximum atomic E-state index is 11.0. The Bertz CT molecular complexity index is 231. The summed E-state index contributed by atoms with van der Waals surface area (Å²) >= 11 is 0. The lowest BCUT2D eigenvalue weighted by molar-refractivity contribution is -0.115. The Morgan fingerprint density at radius 2 is 1.86 bits per heavy atom. The van der Waals surface area contributed by atoms with Crippen LogP contribution in [-0.4, -0.2) is 31.5 Å². The Balaban J connectivity index is 4.51. The molecule has 0 aliphatic rings. The smallest absolute Gasteiger partial charge is 0.168 e. The van der Waals surface area contributed by atoms with E-state index in [-0.39, 0.29) is 5.78 Å². The van der Waals surface area contributed by atoms with E-state index in [2.05, 4.69) is 29.4 Å². The number of carbonyl (C=O) groups is 1. The van der Waals surface area contributed by atoms with E-state index in [1.54, 1.807) is 6.92 Å². The minimum absolute atomic E-state index is 0.189. The Hall–Kier alpha value is -0.643. The maximum absolute atomic E-state index is 11.0. The monoisotopic (exact) mass is 214 g/mol. The second-order valence-electron chi connectivity index (χ2n) is 4.59. The number of Topliss-reactive ketones (excluding diaryl/α,β-unsaturated/α-hetero) is 1. The van der Waals surface area contributed by atoms with Crippen molar-refractivity contribution in [1.82, 2.24) is 4.67 Å². The molecule has 0 spiro atoms. The van der Waals surface area contributed by atoms with Crippen molar-refractivity contribution in [1.29, 1.82) is 0 Å². The van der Waals surface area contributed by atoms with E-state index in [9.17, 15) is 4.79 Å². The molecule has 0 amide bonds. The van der Waals surface area contributed by atoms with Crippen LogP contribution in [0.3, 0.4) is 0 Å². The van der Waals surface area contributed by atoms with Gasteiger partial charge in [0.05, 0.1) is 0 Å². The molecule has 4 heteroatoms. The second-order valence-corrected chi connectivity index (χ2v) is 9.58. The first-order chi connectivity index (χ1) is 6.27. The van der Waals surface area contributed by atoms with Gasteiger partial charge >= 0.3 is 0 Å². The zero-order valence-corrected chi connectivity index (χ0v) is 11.2. The molecule has 0 heterocycles. The van der Waals surface area contributed by atoms with E-state index < -0.39 is 8.24 Å². The lowest BCUT2D eigenvalue weighted by Gasteiger charge is -2.28. The third-order valence-corrected chi connectivity index (χ3v) is 4.16. The van der Waals surface area contributed by atoms with Crippen LogP contribution in [0.15, 0.2) is 5.10 Å². The van der Waals surface area contributed by atoms with Crippen LogP contribution < -0.4 is 0 Å². The summed E-state index contributed by atoms with van der Waals surface area (Å²) in [6.45, 7) is 10.4. The maximum Gasteiger partial charge on any atom is 0.168 e. The molecule has 0 aromatic rings. The van der Waals surface area contributed by atoms with Gasteiger partial charge in [-0.3, -0.25) is 4.79 Å². The molecule has 0 aliphatic heterocycles. The number of ketones is 1. The van der Waals surface area contributed by atoms with Gasteiger partial charge in [-0.1, -0.05) is 26.6 Å². The highest BCUT2D eigenvalue weighted by atomic mass is 28.3. The first-order valence-corrected chi connectivity index (χ1v) is 8.51. The molecule has 0 rings (SSSR count). The fourth-order valence-corrected chi connectivity index (χ4v) is 1.32. The molecule has 0 aromatic carbocycles. The molecule has 0 unspecified atom stereocenters. The average molecular weight is 214 g/mol. The van der Waals surface area contributed by atoms with Gasteiger partial charge in [0.1, 0.15) is 5.78 Å². The van der Waals surface area contributed by atoms with Crippen LogP contribution in [0.2, 0.25) is 19.6 Å². The summed E-state index contributed by atoms with van der Waals surface area (Å²) in [5.74, 6) is 0.189. The molecule has 0 N–H and O–H groups in total. The summed E-state index contributed by atoms with van der Waals surface area (Å²) in [7, 11) is 0.646. The number of carbonyl (C=O) groups excluding carboxylic acids is 1. The predicted octanol–water partition coefficient (Wildman–Crippen LogP) is 2.50. The SMILES string of the molecule is CC/C(CC(C)=O)=N\N(C)[Si](C)(C)C. The van der Waals surface area contributed by atoms with E-state index in [4.69, 9.17) is 0 Å². The van der Waals surface area contributed by atoms with Crippen LogP contribution >= 0.6 is 0 Å². The fourth-order valence-electron chi connectivity index (χ4n) is 0.881. The van der Waals surface area contributed by atoms with Crippen molar-refractivity contribution >= 4 is 19.7 Å². The zero-order valence-electron chi connectivity index (χ0n) is 10.2. The molecule has 0 saturated heterocycles. The van der Waals surface area contributed by atoms with Crippen molar-refractivity contribution in [2.75, 3.05) is 7.05 Å². The zero-order chi connectivity index (χ0) is 11.4. The largest absolute Gasteiger partial charge is 0.328 e. The molecular weight excluding hydrogens is 192 g/mol. The Morgan fingerprint density at radius 3 is 2.14 bits per heavy atom. The molecular formula is C10H22N2OSi. The lowest BCUT2D eigenvalue weighted by Crippen LogP contribution is -2.40. The number of rotatable bonds is 5. The van der Waals surface area contributed by atoms with Crippen molar-refractivity contribution in [3.05, 3.63) is 0 Å². The summed E-state index contributed by atoms with van der Waals surface area (Å²) in [6.07, 6.45) is 1.35. The summed E-state index contributed by atoms with van der Waals surface area (Å²) in [6, 6.07) is 0. The Morgan fingerprint density at radius 1 is 1.36 bits per heavy atom. The van der Waals surface area contributed by atoms with Gasteiger partial charge in [0, 0.05) is 19.2 Å². The first-order valence-electron chi connectivity index (χ1n) is 5.07. The van der Waals surface area contributed by atoms with E-state index in [1.807, 2.05) is 14.0 Å². The van der Waals surface area contributed by atoms with Crippen molar-refractivity contribution < 1.29 is 4.79 Å². The van der Waals surface area contributed by atoms with Crippen molar-refractivity contribution in [3.8, 4) is 0 Å². The van der Waals surface area contributed by atoms with Gasteiger partial charge in [0.15, 0.2) is 8.24 Å². The first kappa shape index (κ1) is 13.4. The molecule has 3 nitrogen and oxygen atoms in total. The minimum atomic E-state index is -1.36. The fraction of sp³-hybridized carbons (Fsp3) is 0.800. The molecule has 0 saturated carbocycles. The number of hydrazone groups is 1. The van der Waals surface area contributed by atoms with Crippen LogP contribution in [0.25, 0.3) is 0 Å². The third kappa shape index (κ3) is 5.17. The van der Waals surface area contributed by atoms with Crippen molar-refractivity contribution in [2.24, 2.45) is 5.10 Å². The van der Waals surface area contributed by atoms with E-state index in [0.717, 1.165) is 12.1 Å². The standard InChI is InChI=1S/C10H22N2OSi/c1-7-10(8-9(2)13)11-12(3)14(4,5)6/h7-8H2,1-6H3/b11-10+. The Kier molecular flexibility index (Phi) is 5.05. The number of hydrogen-bond acceptors (Lipinski definition) is 3. The normalized spacial score (nSPS) is 12.9. The van der Waals surface area contributed by atoms with Gasteiger partial charge in [-0.15, -0.1) is 0 Å². The molecule has 14 heavy (non-hydrogen) atoms. The molecule has 0 atom stereocenters. The van der Waals surface area contributed by atoms with Gasteiger partial charge in [-0.25, -0.2) is 0 Å². The van der Waals surface area contributed by atoms with E-state index >= 15 is 0 Å². The average Bonchev–Trinajstić information content (AvgIpc) is 2.00. The summed E-state index contributed by atoms with van der Waals surface area (Å²) in [5.41, 5.74) is 0.988. The highest BCUT2D eigenvalue weighted by Gasteiger charge is 2.19. The van der Waals surface area contributed by atoms with Gasteiger partial charge in [0.25, 0.3) is 0 Å². The molecule has 0 aliphatic carbocycles. The molecule has 82 valence electrons. The molecule has 0 fully saturated rings. The van der Waals surface area contributed by atoms with Crippen molar-refractivity contribution in [3.63, 3.8) is 0 Å². The summed E-state index contributed by atoms with van der Waals surface area (Å²) < 4.78 is 2.05. The number of hydrogen-bond donors (Lipinski definition) is 0. The predicted molar refractivity (Wildman–Crippen MR) is 64.1 cm³/mol. The topological polar surface area (TPSA) is 32.7 Å². The Labute approximate surface area is 88.3 Å². The quantitative estimate of drug-likeness (QED) is 0.400. The number of nitrogens with zero attached hydrogens (tertiary/aromatic N) is 2. The third-order valence-electron chi connectivity index (χ3n) is 2.12. The van der Waals surface area contributed by atoms with Crippen LogP contribution in [-0.2, 0) is 4.79 Å². The van der Waals surface area contributed by atoms with E-state index in [0.29, 0.717) is 6.42 Å². The van der Waals surface area contributed by atoms with Crippen LogP contribution in [0.5, 0.6) is 0 Å². The summed E-state index contributed by atoms with van der Waals surface area (Å²) in [5, 5.41) is 4.50. The van der Waals surface area contributed by atoms with Gasteiger partial charge < -0.3 is 4.67 Å². The van der Waals surface area contributed by atoms with Gasteiger partial charge in [0.2, 0.25) is 0 Å². The molecule has 0 aromatic heterocycles. The minimum Gasteiger partial charge on any atom is -0.328 e. The highest BCUT2D eigenvalue weighted by molar-refractivity contribution is 6.73. The molecule has 0 radical (unpaired) electrons. The van der Waals surface area contributed by atoms with Crippen LogP contribution in [0.1, 0.15) is 26.7 Å². The van der Waals surface area contributed by atoms with Gasteiger partial charge in [-0.2, -0.15) is 5.10 Å². The van der Waals surface area contributed by atoms with Crippen LogP contribution in [0, 0.1) is 0 Å². The summed E-state index contributed by atoms with van der Waals surface area (Å²) in [4.78, 5) is 11.0. The lowest BCUT2D eigenvalue weighted by atomic mass is 10.2. The molecule has 0 bridgehead atoms. The highest BCUT2D eigenvalue weighted by Crippen LogP contribution is 2.08. The van der Waals surface area contributed by atoms with E-state index in [1.165, 1.54) is 0 Å².